The van der Waals surface area contributed by atoms with Gasteiger partial charge in [-0.15, -0.1) is 10.2 Å². The smallest absolute Gasteiger partial charge is 0.260 e. The molecule has 5 heteroatoms. The van der Waals surface area contributed by atoms with Gasteiger partial charge in [0.25, 0.3) is 5.88 Å². The Kier molecular flexibility index (Phi) is 1.43. The number of methoxy groups -OCH3 is 1. The highest BCUT2D eigenvalue weighted by Gasteiger charge is 2.06. The molecule has 0 radical (unpaired) electrons. The predicted molar refractivity (Wildman–Crippen MR) is 42.1 cm³/mol. The van der Waals surface area contributed by atoms with E-state index in [1.807, 2.05) is 11.3 Å². The van der Waals surface area contributed by atoms with Gasteiger partial charge in [-0.25, -0.2) is 4.98 Å². The zero-order chi connectivity index (χ0) is 8.55. The molecular formula is C7H8N4O. The number of hydrogen-bond acceptors (Lipinski definition) is 4. The second-order valence-electron chi connectivity index (χ2n) is 2.38. The van der Waals surface area contributed by atoms with E-state index >= 15 is 0 Å². The van der Waals surface area contributed by atoms with Crippen LogP contribution in [0.3, 0.4) is 0 Å². The fourth-order valence-corrected chi connectivity index (χ4v) is 1.06. The molecule has 2 rings (SSSR count). The number of aromatic nitrogens is 4. The average Bonchev–Trinajstić information content (AvgIpc) is 2.48. The SMILES string of the molecule is COc1nccn2c(C)nnc12. The zero-order valence-corrected chi connectivity index (χ0v) is 6.85. The molecule has 2 heterocycles. The maximum Gasteiger partial charge on any atom is 0.260 e. The Labute approximate surface area is 69.0 Å². The second-order valence-corrected chi connectivity index (χ2v) is 2.38. The van der Waals surface area contributed by atoms with Gasteiger partial charge in [0, 0.05) is 12.4 Å². The molecule has 62 valence electrons. The van der Waals surface area contributed by atoms with Crippen LogP contribution >= 0.6 is 0 Å². The van der Waals surface area contributed by atoms with Crippen LogP contribution in [0.25, 0.3) is 5.65 Å². The third kappa shape index (κ3) is 0.827. The molecule has 0 amide bonds. The van der Waals surface area contributed by atoms with Crippen molar-refractivity contribution >= 4 is 5.65 Å². The molecule has 0 spiro atoms. The minimum Gasteiger partial charge on any atom is -0.478 e. The lowest BCUT2D eigenvalue weighted by Crippen LogP contribution is -1.93. The van der Waals surface area contributed by atoms with Gasteiger partial charge >= 0.3 is 0 Å². The number of aryl methyl sites for hydroxylation is 1. The predicted octanol–water partition coefficient (Wildman–Crippen LogP) is 0.441. The summed E-state index contributed by atoms with van der Waals surface area (Å²) in [6, 6.07) is 0. The molecule has 2 aromatic rings. The van der Waals surface area contributed by atoms with E-state index in [4.69, 9.17) is 4.74 Å². The van der Waals surface area contributed by atoms with Gasteiger partial charge in [-0.1, -0.05) is 0 Å². The molecular weight excluding hydrogens is 156 g/mol. The molecule has 0 aliphatic carbocycles. The maximum absolute atomic E-state index is 5.01. The highest BCUT2D eigenvalue weighted by molar-refractivity contribution is 5.48. The molecule has 12 heavy (non-hydrogen) atoms. The molecule has 0 aliphatic heterocycles. The number of nitrogens with zero attached hydrogens (tertiary/aromatic N) is 4. The Morgan fingerprint density at radius 2 is 2.25 bits per heavy atom. The van der Waals surface area contributed by atoms with Crippen molar-refractivity contribution in [3.8, 4) is 5.88 Å². The largest absolute Gasteiger partial charge is 0.478 e. The van der Waals surface area contributed by atoms with E-state index in [1.165, 1.54) is 0 Å². The van der Waals surface area contributed by atoms with Crippen LogP contribution in [-0.4, -0.2) is 26.7 Å². The summed E-state index contributed by atoms with van der Waals surface area (Å²) in [5, 5.41) is 7.81. The normalized spacial score (nSPS) is 10.5. The minimum absolute atomic E-state index is 0.498. The molecule has 0 N–H and O–H groups in total. The van der Waals surface area contributed by atoms with Crippen molar-refractivity contribution < 1.29 is 4.74 Å². The fourth-order valence-electron chi connectivity index (χ4n) is 1.06. The molecule has 0 fully saturated rings. The van der Waals surface area contributed by atoms with Crippen LogP contribution in [0.15, 0.2) is 12.4 Å². The Balaban J connectivity index is 2.81. The number of ether oxygens (including phenoxy) is 1. The van der Waals surface area contributed by atoms with Gasteiger partial charge in [0.1, 0.15) is 5.82 Å². The lowest BCUT2D eigenvalue weighted by Gasteiger charge is -1.98. The van der Waals surface area contributed by atoms with E-state index in [0.717, 1.165) is 5.82 Å². The molecule has 0 unspecified atom stereocenters. The quantitative estimate of drug-likeness (QED) is 0.613. The molecule has 5 nitrogen and oxygen atoms in total. The van der Waals surface area contributed by atoms with Crippen molar-refractivity contribution in [1.29, 1.82) is 0 Å². The minimum atomic E-state index is 0.498. The summed E-state index contributed by atoms with van der Waals surface area (Å²) in [7, 11) is 1.56. The van der Waals surface area contributed by atoms with E-state index in [1.54, 1.807) is 19.5 Å². The van der Waals surface area contributed by atoms with E-state index in [0.29, 0.717) is 11.5 Å². The van der Waals surface area contributed by atoms with Crippen molar-refractivity contribution in [2.45, 2.75) is 6.92 Å². The van der Waals surface area contributed by atoms with Crippen LogP contribution in [0.1, 0.15) is 5.82 Å². The second kappa shape index (κ2) is 2.44. The summed E-state index contributed by atoms with van der Waals surface area (Å²) in [6.45, 7) is 1.87. The highest BCUT2D eigenvalue weighted by Crippen LogP contribution is 2.12. The molecule has 0 aliphatic rings. The standard InChI is InChI=1S/C7H8N4O/c1-5-9-10-6-7(12-2)8-3-4-11(5)6/h3-4H,1-2H3. The van der Waals surface area contributed by atoms with E-state index in [2.05, 4.69) is 15.2 Å². The third-order valence-electron chi connectivity index (χ3n) is 1.66. The number of rotatable bonds is 1. The highest BCUT2D eigenvalue weighted by atomic mass is 16.5. The summed E-state index contributed by atoms with van der Waals surface area (Å²) in [5.41, 5.74) is 0.650. The molecule has 0 saturated heterocycles. The number of hydrogen-bond donors (Lipinski definition) is 0. The number of fused-ring (bicyclic) bond motifs is 1. The first-order valence-electron chi connectivity index (χ1n) is 3.53. The summed E-state index contributed by atoms with van der Waals surface area (Å²) in [4.78, 5) is 3.99. The van der Waals surface area contributed by atoms with Gasteiger partial charge in [0.15, 0.2) is 0 Å². The molecule has 0 atom stereocenters. The molecule has 0 bridgehead atoms. The summed E-state index contributed by atoms with van der Waals surface area (Å²) >= 11 is 0. The summed E-state index contributed by atoms with van der Waals surface area (Å²) in [6.07, 6.45) is 3.45. The maximum atomic E-state index is 5.01. The first-order valence-corrected chi connectivity index (χ1v) is 3.53. The third-order valence-corrected chi connectivity index (χ3v) is 1.66. The van der Waals surface area contributed by atoms with Crippen LogP contribution in [0.4, 0.5) is 0 Å². The van der Waals surface area contributed by atoms with Crippen molar-refractivity contribution in [2.24, 2.45) is 0 Å². The molecule has 0 saturated carbocycles. The van der Waals surface area contributed by atoms with Crippen LogP contribution in [0.5, 0.6) is 5.88 Å². The van der Waals surface area contributed by atoms with Crippen LogP contribution in [-0.2, 0) is 0 Å². The van der Waals surface area contributed by atoms with Crippen molar-refractivity contribution in [2.75, 3.05) is 7.11 Å². The molecule has 2 aromatic heterocycles. The first kappa shape index (κ1) is 7.02. The van der Waals surface area contributed by atoms with Gasteiger partial charge in [-0.2, -0.15) is 0 Å². The summed E-state index contributed by atoms with van der Waals surface area (Å²) < 4.78 is 6.83. The van der Waals surface area contributed by atoms with Gasteiger partial charge in [0.05, 0.1) is 7.11 Å². The average molecular weight is 164 g/mol. The topological polar surface area (TPSA) is 52.3 Å². The lowest BCUT2D eigenvalue weighted by atomic mass is 10.6. The van der Waals surface area contributed by atoms with Crippen molar-refractivity contribution in [3.05, 3.63) is 18.2 Å². The van der Waals surface area contributed by atoms with Crippen molar-refractivity contribution in [1.82, 2.24) is 19.6 Å². The molecule has 0 aromatic carbocycles. The summed E-state index contributed by atoms with van der Waals surface area (Å²) in [5.74, 6) is 1.32. The van der Waals surface area contributed by atoms with E-state index in [9.17, 15) is 0 Å². The van der Waals surface area contributed by atoms with Crippen molar-refractivity contribution in [3.63, 3.8) is 0 Å². The monoisotopic (exact) mass is 164 g/mol. The van der Waals surface area contributed by atoms with E-state index < -0.39 is 0 Å². The Morgan fingerprint density at radius 1 is 1.42 bits per heavy atom. The Morgan fingerprint density at radius 3 is 3.00 bits per heavy atom. The Hall–Kier alpha value is -1.65. The Bertz CT molecular complexity index is 409. The van der Waals surface area contributed by atoms with Crippen LogP contribution < -0.4 is 4.74 Å². The fraction of sp³-hybridized carbons (Fsp3) is 0.286. The van der Waals surface area contributed by atoms with Crippen LogP contribution in [0.2, 0.25) is 0 Å². The van der Waals surface area contributed by atoms with E-state index in [-0.39, 0.29) is 0 Å². The van der Waals surface area contributed by atoms with Gasteiger partial charge in [0.2, 0.25) is 5.65 Å². The zero-order valence-electron chi connectivity index (χ0n) is 6.85. The van der Waals surface area contributed by atoms with Crippen LogP contribution in [0, 0.1) is 6.92 Å². The van der Waals surface area contributed by atoms with Gasteiger partial charge in [-0.05, 0) is 6.92 Å². The first-order chi connectivity index (χ1) is 5.83. The van der Waals surface area contributed by atoms with Gasteiger partial charge < -0.3 is 4.74 Å². The lowest BCUT2D eigenvalue weighted by molar-refractivity contribution is 0.400. The van der Waals surface area contributed by atoms with Gasteiger partial charge in [-0.3, -0.25) is 4.40 Å².